The van der Waals surface area contributed by atoms with Crippen molar-refractivity contribution in [3.8, 4) is 23.0 Å². The average molecular weight is 538 g/mol. The molecule has 0 saturated carbocycles. The van der Waals surface area contributed by atoms with E-state index in [4.69, 9.17) is 30.5 Å². The Morgan fingerprint density at radius 3 is 2.26 bits per heavy atom. The lowest BCUT2D eigenvalue weighted by Gasteiger charge is -2.26. The van der Waals surface area contributed by atoms with E-state index in [1.807, 2.05) is 19.9 Å². The Morgan fingerprint density at radius 2 is 1.63 bits per heavy atom. The number of ketones is 1. The molecule has 4 rings (SSSR count). The first-order chi connectivity index (χ1) is 18.2. The molecule has 0 radical (unpaired) electrons. The second kappa shape index (κ2) is 11.1. The molecule has 1 atom stereocenters. The summed E-state index contributed by atoms with van der Waals surface area (Å²) in [6.07, 6.45) is 0. The van der Waals surface area contributed by atoms with Crippen molar-refractivity contribution in [3.05, 3.63) is 81.9 Å². The highest BCUT2D eigenvalue weighted by atomic mass is 35.5. The van der Waals surface area contributed by atoms with Crippen molar-refractivity contribution in [2.75, 3.05) is 32.8 Å². The molecule has 38 heavy (non-hydrogen) atoms. The number of hydrogen-bond donors (Lipinski definition) is 1. The minimum atomic E-state index is -0.978. The molecular formula is C29H28ClNO7. The number of benzene rings is 3. The van der Waals surface area contributed by atoms with Crippen molar-refractivity contribution in [2.45, 2.75) is 19.9 Å². The van der Waals surface area contributed by atoms with E-state index >= 15 is 0 Å². The number of carbonyl (C=O) groups excluding carboxylic acids is 2. The maximum Gasteiger partial charge on any atom is 0.300 e. The van der Waals surface area contributed by atoms with Crippen LogP contribution in [0.5, 0.6) is 23.0 Å². The molecule has 1 aliphatic heterocycles. The van der Waals surface area contributed by atoms with Crippen molar-refractivity contribution in [1.82, 2.24) is 0 Å². The van der Waals surface area contributed by atoms with Crippen LogP contribution in [-0.4, -0.2) is 44.7 Å². The Bertz CT molecular complexity index is 1430. The van der Waals surface area contributed by atoms with Crippen molar-refractivity contribution in [1.29, 1.82) is 0 Å². The van der Waals surface area contributed by atoms with Crippen LogP contribution >= 0.6 is 11.6 Å². The van der Waals surface area contributed by atoms with Gasteiger partial charge in [-0.15, -0.1) is 0 Å². The molecule has 0 aromatic heterocycles. The fourth-order valence-corrected chi connectivity index (χ4v) is 4.75. The Labute approximate surface area is 225 Å². The summed E-state index contributed by atoms with van der Waals surface area (Å²) in [4.78, 5) is 28.4. The van der Waals surface area contributed by atoms with Crippen LogP contribution in [0.4, 0.5) is 5.69 Å². The molecule has 1 amide bonds. The average Bonchev–Trinajstić information content (AvgIpc) is 3.18. The van der Waals surface area contributed by atoms with Gasteiger partial charge < -0.3 is 24.1 Å². The number of ether oxygens (including phenoxy) is 4. The molecule has 0 bridgehead atoms. The number of aryl methyl sites for hydroxylation is 1. The van der Waals surface area contributed by atoms with Crippen molar-refractivity contribution < 1.29 is 33.6 Å². The van der Waals surface area contributed by atoms with Crippen LogP contribution in [0.3, 0.4) is 0 Å². The number of aliphatic hydroxyl groups excluding tert-OH is 1. The maximum absolute atomic E-state index is 13.6. The summed E-state index contributed by atoms with van der Waals surface area (Å²) in [6.45, 7) is 4.10. The van der Waals surface area contributed by atoms with Gasteiger partial charge in [-0.25, -0.2) is 0 Å². The Hall–Kier alpha value is -4.17. The van der Waals surface area contributed by atoms with E-state index in [1.165, 1.54) is 38.4 Å². The predicted octanol–water partition coefficient (Wildman–Crippen LogP) is 5.70. The number of halogens is 1. The lowest BCUT2D eigenvalue weighted by atomic mass is 9.94. The van der Waals surface area contributed by atoms with Crippen molar-refractivity contribution >= 4 is 34.7 Å². The number of nitrogens with zero attached hydrogens (tertiary/aromatic N) is 1. The van der Waals surface area contributed by atoms with Crippen LogP contribution < -0.4 is 23.8 Å². The monoisotopic (exact) mass is 537 g/mol. The van der Waals surface area contributed by atoms with Crippen LogP contribution in [0.2, 0.25) is 5.02 Å². The summed E-state index contributed by atoms with van der Waals surface area (Å²) in [5, 5.41) is 11.9. The van der Waals surface area contributed by atoms with Gasteiger partial charge >= 0.3 is 0 Å². The number of aliphatic hydroxyl groups is 1. The molecule has 1 aliphatic rings. The summed E-state index contributed by atoms with van der Waals surface area (Å²) in [7, 11) is 4.37. The molecule has 198 valence electrons. The van der Waals surface area contributed by atoms with E-state index in [0.29, 0.717) is 29.4 Å². The number of amides is 1. The van der Waals surface area contributed by atoms with Crippen molar-refractivity contribution in [2.24, 2.45) is 0 Å². The number of methoxy groups -OCH3 is 3. The molecule has 1 fully saturated rings. The van der Waals surface area contributed by atoms with Crippen molar-refractivity contribution in [3.63, 3.8) is 0 Å². The number of Topliss-reactive ketones (excluding diaryl/α,β-unsaturated/α-hetero) is 1. The third-order valence-electron chi connectivity index (χ3n) is 6.26. The number of anilines is 1. The van der Waals surface area contributed by atoms with Crippen LogP contribution in [0.1, 0.15) is 29.7 Å². The zero-order chi connectivity index (χ0) is 27.6. The van der Waals surface area contributed by atoms with Gasteiger partial charge in [-0.2, -0.15) is 0 Å². The van der Waals surface area contributed by atoms with E-state index in [-0.39, 0.29) is 27.7 Å². The smallest absolute Gasteiger partial charge is 0.300 e. The molecule has 1 unspecified atom stereocenters. The Balaban J connectivity index is 2.02. The normalized spacial score (nSPS) is 16.5. The lowest BCUT2D eigenvalue weighted by molar-refractivity contribution is -0.132. The number of carbonyl (C=O) groups is 2. The minimum Gasteiger partial charge on any atom is -0.507 e. The fourth-order valence-electron chi connectivity index (χ4n) is 4.51. The van der Waals surface area contributed by atoms with Gasteiger partial charge in [0.25, 0.3) is 11.7 Å². The van der Waals surface area contributed by atoms with Gasteiger partial charge in [0.1, 0.15) is 17.3 Å². The first-order valence-electron chi connectivity index (χ1n) is 11.9. The first-order valence-corrected chi connectivity index (χ1v) is 12.2. The van der Waals surface area contributed by atoms with Gasteiger partial charge in [0.15, 0.2) is 11.5 Å². The largest absolute Gasteiger partial charge is 0.507 e. The number of rotatable bonds is 8. The summed E-state index contributed by atoms with van der Waals surface area (Å²) < 4.78 is 21.9. The molecular weight excluding hydrogens is 510 g/mol. The standard InChI is InChI=1S/C29H28ClNO7/c1-6-38-24-13-17(10-11-21(24)35-3)26-25(27(32)19-14-23(37-5)20(30)15-22(19)36-4)28(33)29(34)31(26)18-9-7-8-16(2)12-18/h7-15,26,32H,6H2,1-5H3/b27-25+. The highest BCUT2D eigenvalue weighted by Gasteiger charge is 2.47. The van der Waals surface area contributed by atoms with E-state index in [1.54, 1.807) is 36.4 Å². The van der Waals surface area contributed by atoms with Gasteiger partial charge in [-0.3, -0.25) is 14.5 Å². The summed E-state index contributed by atoms with van der Waals surface area (Å²) in [5.74, 6) is -0.654. The fraction of sp³-hybridized carbons (Fsp3) is 0.241. The van der Waals surface area contributed by atoms with Crippen LogP contribution in [0.25, 0.3) is 5.76 Å². The lowest BCUT2D eigenvalue weighted by Crippen LogP contribution is -2.29. The maximum atomic E-state index is 13.6. The van der Waals surface area contributed by atoms with Gasteiger partial charge in [0.05, 0.1) is 50.1 Å². The van der Waals surface area contributed by atoms with Gasteiger partial charge in [0.2, 0.25) is 0 Å². The first kappa shape index (κ1) is 26.9. The molecule has 8 nitrogen and oxygen atoms in total. The zero-order valence-electron chi connectivity index (χ0n) is 21.7. The van der Waals surface area contributed by atoms with E-state index in [2.05, 4.69) is 0 Å². The summed E-state index contributed by atoms with van der Waals surface area (Å²) in [5.41, 5.74) is 1.98. The third kappa shape index (κ3) is 4.75. The highest BCUT2D eigenvalue weighted by Crippen LogP contribution is 2.46. The molecule has 3 aromatic carbocycles. The molecule has 3 aromatic rings. The van der Waals surface area contributed by atoms with Crippen LogP contribution in [0.15, 0.2) is 60.2 Å². The molecule has 9 heteroatoms. The van der Waals surface area contributed by atoms with Gasteiger partial charge in [-0.1, -0.05) is 29.8 Å². The Morgan fingerprint density at radius 1 is 0.921 bits per heavy atom. The van der Waals surface area contributed by atoms with E-state index < -0.39 is 23.5 Å². The van der Waals surface area contributed by atoms with E-state index in [9.17, 15) is 14.7 Å². The second-order valence-electron chi connectivity index (χ2n) is 8.54. The molecule has 1 heterocycles. The third-order valence-corrected chi connectivity index (χ3v) is 6.55. The number of hydrogen-bond acceptors (Lipinski definition) is 7. The summed E-state index contributed by atoms with van der Waals surface area (Å²) >= 11 is 6.26. The minimum absolute atomic E-state index is 0.119. The van der Waals surface area contributed by atoms with Crippen LogP contribution in [-0.2, 0) is 9.59 Å². The van der Waals surface area contributed by atoms with Gasteiger partial charge in [0, 0.05) is 11.8 Å². The van der Waals surface area contributed by atoms with Crippen LogP contribution in [0, 0.1) is 6.92 Å². The SMILES string of the molecule is CCOc1cc(C2/C(=C(\O)c3cc(OC)c(Cl)cc3OC)C(=O)C(=O)N2c2cccc(C)c2)ccc1OC. The molecule has 0 spiro atoms. The quantitative estimate of drug-likeness (QED) is 0.224. The molecule has 0 aliphatic carbocycles. The summed E-state index contributed by atoms with van der Waals surface area (Å²) in [6, 6.07) is 14.3. The Kier molecular flexibility index (Phi) is 7.83. The molecule has 1 saturated heterocycles. The predicted molar refractivity (Wildman–Crippen MR) is 145 cm³/mol. The highest BCUT2D eigenvalue weighted by molar-refractivity contribution is 6.51. The molecule has 1 N–H and O–H groups in total. The second-order valence-corrected chi connectivity index (χ2v) is 8.95. The zero-order valence-corrected chi connectivity index (χ0v) is 22.5. The topological polar surface area (TPSA) is 94.5 Å². The van der Waals surface area contributed by atoms with E-state index in [0.717, 1.165) is 5.56 Å². The van der Waals surface area contributed by atoms with Gasteiger partial charge in [-0.05, 0) is 55.3 Å².